The lowest BCUT2D eigenvalue weighted by atomic mass is 10.1. The maximum absolute atomic E-state index is 13.0. The summed E-state index contributed by atoms with van der Waals surface area (Å²) in [6.45, 7) is 0. The van der Waals surface area contributed by atoms with Gasteiger partial charge in [0.25, 0.3) is 11.8 Å². The van der Waals surface area contributed by atoms with Gasteiger partial charge in [0.2, 0.25) is 0 Å². The lowest BCUT2D eigenvalue weighted by molar-refractivity contribution is 0.0827. The second-order valence-corrected chi connectivity index (χ2v) is 7.26. The highest BCUT2D eigenvalue weighted by atomic mass is 16.2. The molecule has 0 bridgehead atoms. The maximum Gasteiger partial charge on any atom is 0.256 e. The molecule has 2 amide bonds. The van der Waals surface area contributed by atoms with Crippen LogP contribution in [0.15, 0.2) is 91.0 Å². The molecule has 1 aromatic heterocycles. The number of hydrogen-bond acceptors (Lipinski definition) is 3. The van der Waals surface area contributed by atoms with Crippen molar-refractivity contribution in [2.24, 2.45) is 0 Å². The Balaban J connectivity index is 1.69. The molecule has 3 aromatic carbocycles. The van der Waals surface area contributed by atoms with Crippen LogP contribution in [0.2, 0.25) is 0 Å². The molecular weight excluding hydrogens is 388 g/mol. The minimum absolute atomic E-state index is 0.157. The molecule has 0 fully saturated rings. The van der Waals surface area contributed by atoms with Gasteiger partial charge in [-0.3, -0.25) is 9.59 Å². The molecule has 0 aliphatic heterocycles. The summed E-state index contributed by atoms with van der Waals surface area (Å²) in [4.78, 5) is 26.7. The Labute approximate surface area is 180 Å². The van der Waals surface area contributed by atoms with E-state index in [9.17, 15) is 9.59 Å². The molecule has 31 heavy (non-hydrogen) atoms. The number of benzene rings is 3. The van der Waals surface area contributed by atoms with Crippen molar-refractivity contribution >= 4 is 17.6 Å². The third kappa shape index (κ3) is 4.38. The average Bonchev–Trinajstić information content (AvgIpc) is 3.23. The SMILES string of the molecule is CN(C)C(=O)c1cccc(C(=O)Nc2cc(-c3ccccc3)nn2-c2ccccc2)c1. The van der Waals surface area contributed by atoms with Gasteiger partial charge in [0.1, 0.15) is 5.82 Å². The zero-order valence-corrected chi connectivity index (χ0v) is 17.3. The van der Waals surface area contributed by atoms with Gasteiger partial charge < -0.3 is 10.2 Å². The molecule has 0 aliphatic carbocycles. The summed E-state index contributed by atoms with van der Waals surface area (Å²) in [7, 11) is 3.36. The molecule has 6 heteroatoms. The monoisotopic (exact) mass is 410 g/mol. The van der Waals surface area contributed by atoms with Crippen LogP contribution in [-0.4, -0.2) is 40.6 Å². The second-order valence-electron chi connectivity index (χ2n) is 7.26. The van der Waals surface area contributed by atoms with Gasteiger partial charge in [-0.2, -0.15) is 5.10 Å². The lowest BCUT2D eigenvalue weighted by Crippen LogP contribution is -2.22. The van der Waals surface area contributed by atoms with E-state index in [0.717, 1.165) is 16.9 Å². The first-order chi connectivity index (χ1) is 15.0. The standard InChI is InChI=1S/C25H22N4O2/c1-28(2)25(31)20-13-9-12-19(16-20)24(30)26-23-17-22(18-10-5-3-6-11-18)27-29(23)21-14-7-4-8-15-21/h3-17H,1-2H3,(H,26,30). The Bertz CT molecular complexity index is 1210. The van der Waals surface area contributed by atoms with Crippen LogP contribution >= 0.6 is 0 Å². The van der Waals surface area contributed by atoms with Gasteiger partial charge in [-0.05, 0) is 30.3 Å². The fraction of sp³-hybridized carbons (Fsp3) is 0.0800. The minimum atomic E-state index is -0.315. The summed E-state index contributed by atoms with van der Waals surface area (Å²) in [6, 6.07) is 27.9. The van der Waals surface area contributed by atoms with Crippen LogP contribution in [0.25, 0.3) is 16.9 Å². The fourth-order valence-corrected chi connectivity index (χ4v) is 3.23. The van der Waals surface area contributed by atoms with E-state index in [0.29, 0.717) is 16.9 Å². The first-order valence-electron chi connectivity index (χ1n) is 9.87. The van der Waals surface area contributed by atoms with E-state index in [2.05, 4.69) is 5.32 Å². The van der Waals surface area contributed by atoms with E-state index in [1.165, 1.54) is 4.90 Å². The van der Waals surface area contributed by atoms with E-state index in [1.807, 2.05) is 66.7 Å². The molecule has 0 saturated heterocycles. The number of para-hydroxylation sites is 1. The van der Waals surface area contributed by atoms with Gasteiger partial charge in [0.15, 0.2) is 0 Å². The molecule has 0 unspecified atom stereocenters. The largest absolute Gasteiger partial charge is 0.345 e. The first kappa shape index (κ1) is 20.1. The van der Waals surface area contributed by atoms with Crippen LogP contribution in [-0.2, 0) is 0 Å². The highest BCUT2D eigenvalue weighted by Gasteiger charge is 2.16. The van der Waals surface area contributed by atoms with Gasteiger partial charge in [0.05, 0.1) is 11.4 Å². The maximum atomic E-state index is 13.0. The highest BCUT2D eigenvalue weighted by molar-refractivity contribution is 6.06. The summed E-state index contributed by atoms with van der Waals surface area (Å²) < 4.78 is 1.70. The quantitative estimate of drug-likeness (QED) is 0.527. The predicted molar refractivity (Wildman–Crippen MR) is 121 cm³/mol. The zero-order chi connectivity index (χ0) is 21.8. The lowest BCUT2D eigenvalue weighted by Gasteiger charge is -2.12. The highest BCUT2D eigenvalue weighted by Crippen LogP contribution is 2.25. The molecule has 4 rings (SSSR count). The molecule has 154 valence electrons. The summed E-state index contributed by atoms with van der Waals surface area (Å²) in [5.74, 6) is 0.0693. The molecule has 0 aliphatic rings. The molecular formula is C25H22N4O2. The molecule has 0 saturated carbocycles. The fourth-order valence-electron chi connectivity index (χ4n) is 3.23. The van der Waals surface area contributed by atoms with E-state index in [4.69, 9.17) is 5.10 Å². The topological polar surface area (TPSA) is 67.2 Å². The van der Waals surface area contributed by atoms with Crippen molar-refractivity contribution in [2.75, 3.05) is 19.4 Å². The number of amides is 2. The number of aromatic nitrogens is 2. The molecule has 6 nitrogen and oxygen atoms in total. The normalized spacial score (nSPS) is 10.5. The van der Waals surface area contributed by atoms with Gasteiger partial charge in [-0.25, -0.2) is 4.68 Å². The molecule has 1 N–H and O–H groups in total. The Morgan fingerprint density at radius 1 is 0.806 bits per heavy atom. The third-order valence-electron chi connectivity index (χ3n) is 4.80. The summed E-state index contributed by atoms with van der Waals surface area (Å²) in [5, 5.41) is 7.66. The van der Waals surface area contributed by atoms with Gasteiger partial charge in [-0.1, -0.05) is 54.6 Å². The number of nitrogens with zero attached hydrogens (tertiary/aromatic N) is 3. The van der Waals surface area contributed by atoms with E-state index < -0.39 is 0 Å². The van der Waals surface area contributed by atoms with Crippen LogP contribution in [0.5, 0.6) is 0 Å². The van der Waals surface area contributed by atoms with E-state index in [-0.39, 0.29) is 11.8 Å². The van der Waals surface area contributed by atoms with Crippen LogP contribution in [0.3, 0.4) is 0 Å². The Morgan fingerprint density at radius 2 is 1.45 bits per heavy atom. The van der Waals surface area contributed by atoms with Crippen molar-refractivity contribution in [1.29, 1.82) is 0 Å². The summed E-state index contributed by atoms with van der Waals surface area (Å²) in [5.41, 5.74) is 3.38. The number of carbonyl (C=O) groups is 2. The van der Waals surface area contributed by atoms with Crippen molar-refractivity contribution in [3.63, 3.8) is 0 Å². The average molecular weight is 410 g/mol. The Kier molecular flexibility index (Phi) is 5.62. The summed E-state index contributed by atoms with van der Waals surface area (Å²) in [6.07, 6.45) is 0. The van der Waals surface area contributed by atoms with Crippen molar-refractivity contribution in [1.82, 2.24) is 14.7 Å². The number of anilines is 1. The molecule has 0 radical (unpaired) electrons. The smallest absolute Gasteiger partial charge is 0.256 e. The zero-order valence-electron chi connectivity index (χ0n) is 17.3. The Hall–Kier alpha value is -4.19. The van der Waals surface area contributed by atoms with Crippen LogP contribution in [0, 0.1) is 0 Å². The molecule has 1 heterocycles. The van der Waals surface area contributed by atoms with Gasteiger partial charge >= 0.3 is 0 Å². The predicted octanol–water partition coefficient (Wildman–Crippen LogP) is 4.49. The first-order valence-corrected chi connectivity index (χ1v) is 9.87. The van der Waals surface area contributed by atoms with Gasteiger partial charge in [-0.15, -0.1) is 0 Å². The summed E-state index contributed by atoms with van der Waals surface area (Å²) >= 11 is 0. The van der Waals surface area contributed by atoms with Gasteiger partial charge in [0, 0.05) is 36.9 Å². The second kappa shape index (κ2) is 8.67. The van der Waals surface area contributed by atoms with E-state index in [1.54, 1.807) is 43.0 Å². The van der Waals surface area contributed by atoms with Crippen LogP contribution < -0.4 is 5.32 Å². The van der Waals surface area contributed by atoms with Crippen molar-refractivity contribution in [3.05, 3.63) is 102 Å². The minimum Gasteiger partial charge on any atom is -0.345 e. The van der Waals surface area contributed by atoms with Crippen LogP contribution in [0.4, 0.5) is 5.82 Å². The number of rotatable bonds is 5. The van der Waals surface area contributed by atoms with E-state index >= 15 is 0 Å². The number of carbonyl (C=O) groups excluding carboxylic acids is 2. The number of nitrogens with one attached hydrogen (secondary N) is 1. The molecule has 4 aromatic rings. The Morgan fingerprint density at radius 3 is 2.13 bits per heavy atom. The third-order valence-corrected chi connectivity index (χ3v) is 4.80. The van der Waals surface area contributed by atoms with Crippen LogP contribution in [0.1, 0.15) is 20.7 Å². The van der Waals surface area contributed by atoms with Crippen molar-refractivity contribution < 1.29 is 9.59 Å². The molecule has 0 spiro atoms. The van der Waals surface area contributed by atoms with Crippen molar-refractivity contribution in [2.45, 2.75) is 0 Å². The molecule has 0 atom stereocenters. The number of hydrogen-bond donors (Lipinski definition) is 1. The van der Waals surface area contributed by atoms with Crippen molar-refractivity contribution in [3.8, 4) is 16.9 Å².